The van der Waals surface area contributed by atoms with Gasteiger partial charge in [0.05, 0.1) is 19.3 Å². The van der Waals surface area contributed by atoms with Gasteiger partial charge in [0, 0.05) is 25.3 Å². The molecule has 0 fully saturated rings. The maximum Gasteiger partial charge on any atom is 0.302 e. The Hall–Kier alpha value is -2.21. The number of aliphatic hydroxyl groups excluding tert-OH is 1. The molecule has 5 nitrogen and oxygen atoms in total. The lowest BCUT2D eigenvalue weighted by Crippen LogP contribution is -2.22. The highest BCUT2D eigenvalue weighted by atomic mass is 16.7. The molecule has 0 aromatic heterocycles. The normalized spacial score (nSPS) is 16.6. The van der Waals surface area contributed by atoms with E-state index in [1.54, 1.807) is 6.61 Å². The highest BCUT2D eigenvalue weighted by Gasteiger charge is 2.18. The van der Waals surface area contributed by atoms with E-state index in [1.165, 1.54) is 12.5 Å². The van der Waals surface area contributed by atoms with Gasteiger partial charge in [0.2, 0.25) is 0 Å². The molecule has 2 rings (SSSR count). The highest BCUT2D eigenvalue weighted by Crippen LogP contribution is 2.23. The molecule has 0 saturated carbocycles. The summed E-state index contributed by atoms with van der Waals surface area (Å²) in [6.45, 7) is 7.25. The number of carbonyl (C=O) groups is 1. The van der Waals surface area contributed by atoms with E-state index in [0.29, 0.717) is 25.9 Å². The fourth-order valence-corrected chi connectivity index (χ4v) is 3.31. The van der Waals surface area contributed by atoms with E-state index in [0.717, 1.165) is 24.0 Å². The first-order valence-corrected chi connectivity index (χ1v) is 11.4. The lowest BCUT2D eigenvalue weighted by atomic mass is 10.0. The van der Waals surface area contributed by atoms with E-state index in [-0.39, 0.29) is 12.1 Å². The quantitative estimate of drug-likeness (QED) is 0.289. The molecule has 1 aromatic carbocycles. The monoisotopic (exact) mass is 440 g/mol. The van der Waals surface area contributed by atoms with Gasteiger partial charge in [-0.1, -0.05) is 68.5 Å². The van der Waals surface area contributed by atoms with Crippen molar-refractivity contribution in [2.45, 2.75) is 71.4 Å². The summed E-state index contributed by atoms with van der Waals surface area (Å²) in [4.78, 5) is 11.1. The number of aliphatic hydroxyl groups is 1. The van der Waals surface area contributed by atoms with Crippen LogP contribution in [0.15, 0.2) is 54.1 Å². The summed E-state index contributed by atoms with van der Waals surface area (Å²) in [7, 11) is 0. The Kier molecular flexibility index (Phi) is 12.0. The highest BCUT2D eigenvalue weighted by molar-refractivity contribution is 5.66. The van der Waals surface area contributed by atoms with Gasteiger partial charge in [0.1, 0.15) is 6.10 Å². The Morgan fingerprint density at radius 1 is 1.22 bits per heavy atom. The van der Waals surface area contributed by atoms with Crippen LogP contribution in [0.5, 0.6) is 0 Å². The number of hydrogen-bond donors (Lipinski definition) is 1. The zero-order valence-electron chi connectivity index (χ0n) is 19.4. The molecule has 3 atom stereocenters. The molecule has 1 aromatic rings. The summed E-state index contributed by atoms with van der Waals surface area (Å²) in [6, 6.07) is 8.07. The summed E-state index contributed by atoms with van der Waals surface area (Å²) < 4.78 is 16.8. The second-order valence-corrected chi connectivity index (χ2v) is 7.85. The fourth-order valence-electron chi connectivity index (χ4n) is 3.31. The van der Waals surface area contributed by atoms with Gasteiger partial charge in [-0.3, -0.25) is 4.79 Å². The third-order valence-electron chi connectivity index (χ3n) is 5.07. The summed E-state index contributed by atoms with van der Waals surface area (Å²) in [5, 5.41) is 10.3. The maximum absolute atomic E-state index is 11.1. The topological polar surface area (TPSA) is 65.0 Å². The molecule has 1 aliphatic carbocycles. The second-order valence-electron chi connectivity index (χ2n) is 7.85. The molecule has 0 saturated heterocycles. The molecule has 0 spiro atoms. The number of carbonyl (C=O) groups excluding carboxylic acids is 1. The van der Waals surface area contributed by atoms with Crippen LogP contribution >= 0.6 is 0 Å². The molecular weight excluding hydrogens is 404 g/mol. The third kappa shape index (κ3) is 9.94. The molecule has 0 aliphatic heterocycles. The summed E-state index contributed by atoms with van der Waals surface area (Å²) in [6.07, 6.45) is 14.6. The Morgan fingerprint density at radius 3 is 2.62 bits per heavy atom. The molecule has 2 radical (unpaired) electrons. The number of allylic oxidation sites excluding steroid dienone is 5. The summed E-state index contributed by atoms with van der Waals surface area (Å²) >= 11 is 0. The van der Waals surface area contributed by atoms with Gasteiger partial charge in [-0.05, 0) is 36.8 Å². The van der Waals surface area contributed by atoms with E-state index in [4.69, 9.17) is 14.2 Å². The van der Waals surface area contributed by atoms with Gasteiger partial charge < -0.3 is 19.3 Å². The zero-order chi connectivity index (χ0) is 23.2. The minimum atomic E-state index is -0.658. The van der Waals surface area contributed by atoms with Gasteiger partial charge in [-0.2, -0.15) is 0 Å². The zero-order valence-corrected chi connectivity index (χ0v) is 19.4. The number of ether oxygens (including phenoxy) is 3. The predicted molar refractivity (Wildman–Crippen MR) is 127 cm³/mol. The van der Waals surface area contributed by atoms with Crippen molar-refractivity contribution in [3.05, 3.63) is 78.3 Å². The number of esters is 1. The van der Waals surface area contributed by atoms with Crippen LogP contribution in [-0.4, -0.2) is 29.9 Å². The number of benzene rings is 1. The molecule has 0 amide bonds. The Bertz CT molecular complexity index is 763. The average molecular weight is 441 g/mol. The van der Waals surface area contributed by atoms with Crippen LogP contribution < -0.4 is 0 Å². The smallest absolute Gasteiger partial charge is 0.302 e. The van der Waals surface area contributed by atoms with Gasteiger partial charge >= 0.3 is 5.97 Å². The largest absolute Gasteiger partial charge is 0.462 e. The Balaban J connectivity index is 1.88. The SMILES string of the molecule is C[CH]COC(O[CH]CC(O)CC(CC)OC(C)=O)c1ccc(C=CC2=CC=CCC2)cc1. The van der Waals surface area contributed by atoms with Crippen molar-refractivity contribution in [2.24, 2.45) is 0 Å². The van der Waals surface area contributed by atoms with Crippen LogP contribution in [-0.2, 0) is 19.0 Å². The van der Waals surface area contributed by atoms with Crippen molar-refractivity contribution in [2.75, 3.05) is 6.61 Å². The van der Waals surface area contributed by atoms with Crippen LogP contribution in [0.1, 0.15) is 70.3 Å². The van der Waals surface area contributed by atoms with Gasteiger partial charge in [0.25, 0.3) is 0 Å². The van der Waals surface area contributed by atoms with E-state index in [1.807, 2.05) is 44.5 Å². The van der Waals surface area contributed by atoms with Crippen LogP contribution in [0.4, 0.5) is 0 Å². The van der Waals surface area contributed by atoms with E-state index >= 15 is 0 Å². The summed E-state index contributed by atoms with van der Waals surface area (Å²) in [5.74, 6) is -0.334. The van der Waals surface area contributed by atoms with Gasteiger partial charge in [-0.25, -0.2) is 0 Å². The Labute approximate surface area is 192 Å². The minimum absolute atomic E-state index is 0.293. The van der Waals surface area contributed by atoms with Crippen LogP contribution in [0.25, 0.3) is 6.08 Å². The molecular formula is C27H36O5. The molecule has 3 unspecified atom stereocenters. The fraction of sp³-hybridized carbons (Fsp3) is 0.444. The van der Waals surface area contributed by atoms with E-state index < -0.39 is 12.4 Å². The van der Waals surface area contributed by atoms with Crippen molar-refractivity contribution in [3.63, 3.8) is 0 Å². The summed E-state index contributed by atoms with van der Waals surface area (Å²) in [5.41, 5.74) is 3.34. The van der Waals surface area contributed by atoms with Crippen molar-refractivity contribution in [1.82, 2.24) is 0 Å². The molecule has 5 heteroatoms. The molecule has 174 valence electrons. The van der Waals surface area contributed by atoms with Crippen molar-refractivity contribution in [1.29, 1.82) is 0 Å². The number of hydrogen-bond acceptors (Lipinski definition) is 5. The van der Waals surface area contributed by atoms with Crippen LogP contribution in [0.3, 0.4) is 0 Å². The number of rotatable bonds is 14. The van der Waals surface area contributed by atoms with Crippen LogP contribution in [0.2, 0.25) is 0 Å². The third-order valence-corrected chi connectivity index (χ3v) is 5.07. The van der Waals surface area contributed by atoms with Crippen molar-refractivity contribution in [3.8, 4) is 0 Å². The minimum Gasteiger partial charge on any atom is -0.462 e. The van der Waals surface area contributed by atoms with Crippen molar-refractivity contribution >= 4 is 12.0 Å². The Morgan fingerprint density at radius 2 is 2.00 bits per heavy atom. The maximum atomic E-state index is 11.1. The molecule has 1 aliphatic rings. The first-order valence-electron chi connectivity index (χ1n) is 11.4. The molecule has 0 heterocycles. The average Bonchev–Trinajstić information content (AvgIpc) is 2.80. The molecule has 1 N–H and O–H groups in total. The lowest BCUT2D eigenvalue weighted by molar-refractivity contribution is -0.148. The second kappa shape index (κ2) is 14.8. The van der Waals surface area contributed by atoms with E-state index in [9.17, 15) is 9.90 Å². The first-order chi connectivity index (χ1) is 15.5. The van der Waals surface area contributed by atoms with Gasteiger partial charge in [0.15, 0.2) is 6.29 Å². The predicted octanol–water partition coefficient (Wildman–Crippen LogP) is 5.88. The molecule has 32 heavy (non-hydrogen) atoms. The van der Waals surface area contributed by atoms with Crippen molar-refractivity contribution < 1.29 is 24.1 Å². The van der Waals surface area contributed by atoms with Crippen LogP contribution in [0, 0.1) is 13.0 Å². The lowest BCUT2D eigenvalue weighted by Gasteiger charge is -2.21. The standard InChI is InChI=1S/C27H36O5/c1-4-18-30-27(31-19-17-25(29)20-26(5-2)32-21(3)28)24-15-13-23(14-16-24)12-11-22-9-7-6-8-10-22/h4,6-7,9,11-16,19,25-27,29H,5,8,10,17-18,20H2,1-3H3. The van der Waals surface area contributed by atoms with Gasteiger partial charge in [-0.15, -0.1) is 0 Å². The van der Waals surface area contributed by atoms with E-state index in [2.05, 4.69) is 30.4 Å². The molecule has 0 bridgehead atoms. The first kappa shape index (κ1) is 26.0.